The Morgan fingerprint density at radius 2 is 2.09 bits per heavy atom. The summed E-state index contributed by atoms with van der Waals surface area (Å²) in [5.41, 5.74) is 4.92. The molecular formula is C27H28N4O2. The standard InChI is InChI=1S/C27H28N4O2/c1-17-12-25-27(18(2)29-33-25)23-10-6-20(21-7-11-26(32)30(3)16-21)13-24(23)31(15-17)22-8-4-19(14-28)5-9-22/h4,7,10-11,13,17,20-22H,6,8,12,15-16H2,1-3H3. The van der Waals surface area contributed by atoms with Gasteiger partial charge in [0.15, 0.2) is 0 Å². The van der Waals surface area contributed by atoms with Gasteiger partial charge in [0.2, 0.25) is 5.91 Å². The maximum absolute atomic E-state index is 12.0. The molecule has 0 bridgehead atoms. The number of fused-ring (bicyclic) bond motifs is 3. The van der Waals surface area contributed by atoms with E-state index in [1.807, 2.05) is 20.0 Å². The highest BCUT2D eigenvalue weighted by Gasteiger charge is 2.35. The summed E-state index contributed by atoms with van der Waals surface area (Å²) in [6.07, 6.45) is 12.9. The molecule has 168 valence electrons. The number of rotatable bonds is 2. The van der Waals surface area contributed by atoms with Crippen molar-refractivity contribution in [2.45, 2.75) is 39.2 Å². The number of carbonyl (C=O) groups excluding carboxylic acids is 1. The predicted octanol–water partition coefficient (Wildman–Crippen LogP) is 3.63. The summed E-state index contributed by atoms with van der Waals surface area (Å²) in [7, 11) is 1.86. The van der Waals surface area contributed by atoms with Crippen molar-refractivity contribution in [1.29, 1.82) is 5.26 Å². The molecule has 0 saturated carbocycles. The fraction of sp³-hybridized carbons (Fsp3) is 0.444. The Balaban J connectivity index is 1.57. The van der Waals surface area contributed by atoms with Gasteiger partial charge in [0.05, 0.1) is 17.3 Å². The topological polar surface area (TPSA) is 73.4 Å². The average molecular weight is 441 g/mol. The second-order valence-electron chi connectivity index (χ2n) is 9.59. The van der Waals surface area contributed by atoms with Crippen LogP contribution in [0.15, 0.2) is 46.2 Å². The lowest BCUT2D eigenvalue weighted by Gasteiger charge is -2.40. The fourth-order valence-electron chi connectivity index (χ4n) is 5.37. The highest BCUT2D eigenvalue weighted by Crippen LogP contribution is 2.42. The van der Waals surface area contributed by atoms with Crippen molar-refractivity contribution in [2.75, 3.05) is 20.1 Å². The van der Waals surface area contributed by atoms with Gasteiger partial charge in [0.1, 0.15) is 11.8 Å². The molecular weight excluding hydrogens is 412 g/mol. The summed E-state index contributed by atoms with van der Waals surface area (Å²) in [6.45, 7) is 5.82. The molecule has 33 heavy (non-hydrogen) atoms. The van der Waals surface area contributed by atoms with Gasteiger partial charge in [-0.2, -0.15) is 5.26 Å². The molecule has 0 fully saturated rings. The van der Waals surface area contributed by atoms with Gasteiger partial charge >= 0.3 is 0 Å². The molecule has 6 nitrogen and oxygen atoms in total. The van der Waals surface area contributed by atoms with E-state index in [9.17, 15) is 10.1 Å². The SMILES string of the molecule is Cc1noc2c1C1=CCC(C3C=CC(=O)N(C)C3)C=C1N(C1C#CC(C#N)=CC1)CC(C)C2. The molecule has 0 radical (unpaired) electrons. The molecule has 4 atom stereocenters. The second kappa shape index (κ2) is 8.45. The highest BCUT2D eigenvalue weighted by molar-refractivity contribution is 5.88. The van der Waals surface area contributed by atoms with Crippen LogP contribution >= 0.6 is 0 Å². The van der Waals surface area contributed by atoms with Crippen LogP contribution in [0.2, 0.25) is 0 Å². The first kappa shape index (κ1) is 21.3. The number of allylic oxidation sites excluding steroid dienone is 4. The normalized spacial score (nSPS) is 28.8. The second-order valence-corrected chi connectivity index (χ2v) is 9.59. The van der Waals surface area contributed by atoms with E-state index in [1.54, 1.807) is 11.0 Å². The zero-order valence-corrected chi connectivity index (χ0v) is 19.3. The van der Waals surface area contributed by atoms with E-state index in [0.717, 1.165) is 49.4 Å². The van der Waals surface area contributed by atoms with Gasteiger partial charge in [0.25, 0.3) is 0 Å². The number of nitriles is 1. The number of carbonyl (C=O) groups is 1. The third-order valence-corrected chi connectivity index (χ3v) is 7.11. The van der Waals surface area contributed by atoms with E-state index in [4.69, 9.17) is 4.52 Å². The summed E-state index contributed by atoms with van der Waals surface area (Å²) in [5, 5.41) is 13.5. The van der Waals surface area contributed by atoms with E-state index in [-0.39, 0.29) is 23.8 Å². The number of aryl methyl sites for hydroxylation is 1. The number of aromatic nitrogens is 1. The molecule has 4 unspecified atom stereocenters. The van der Waals surface area contributed by atoms with Crippen molar-refractivity contribution >= 4 is 11.5 Å². The number of hydrogen-bond acceptors (Lipinski definition) is 5. The fourth-order valence-corrected chi connectivity index (χ4v) is 5.37. The van der Waals surface area contributed by atoms with Crippen LogP contribution in [0.3, 0.4) is 0 Å². The molecule has 0 spiro atoms. The Morgan fingerprint density at radius 3 is 2.82 bits per heavy atom. The molecule has 2 aliphatic carbocycles. The van der Waals surface area contributed by atoms with Crippen molar-refractivity contribution in [1.82, 2.24) is 15.0 Å². The molecule has 1 amide bonds. The third-order valence-electron chi connectivity index (χ3n) is 7.11. The summed E-state index contributed by atoms with van der Waals surface area (Å²) in [5.74, 6) is 8.34. The quantitative estimate of drug-likeness (QED) is 0.657. The van der Waals surface area contributed by atoms with E-state index >= 15 is 0 Å². The summed E-state index contributed by atoms with van der Waals surface area (Å²) in [6, 6.07) is 2.19. The molecule has 3 heterocycles. The van der Waals surface area contributed by atoms with Crippen LogP contribution in [0, 0.1) is 47.8 Å². The zero-order valence-electron chi connectivity index (χ0n) is 19.3. The Bertz CT molecular complexity index is 1210. The lowest BCUT2D eigenvalue weighted by atomic mass is 9.79. The van der Waals surface area contributed by atoms with Crippen LogP contribution in [-0.4, -0.2) is 47.0 Å². The van der Waals surface area contributed by atoms with Crippen molar-refractivity contribution in [2.24, 2.45) is 17.8 Å². The molecule has 4 aliphatic rings. The average Bonchev–Trinajstić information content (AvgIpc) is 3.17. The number of likely N-dealkylation sites (N-methyl/N-ethyl adjacent to an activating group) is 1. The van der Waals surface area contributed by atoms with Crippen LogP contribution in [0.4, 0.5) is 0 Å². The van der Waals surface area contributed by atoms with Crippen LogP contribution in [0.1, 0.15) is 36.8 Å². The highest BCUT2D eigenvalue weighted by atomic mass is 16.5. The summed E-state index contributed by atoms with van der Waals surface area (Å²) < 4.78 is 5.75. The van der Waals surface area contributed by atoms with Crippen LogP contribution in [0.25, 0.3) is 5.57 Å². The van der Waals surface area contributed by atoms with E-state index in [1.165, 1.54) is 11.3 Å². The van der Waals surface area contributed by atoms with E-state index in [0.29, 0.717) is 11.5 Å². The Morgan fingerprint density at radius 1 is 1.24 bits per heavy atom. The first-order valence-corrected chi connectivity index (χ1v) is 11.6. The smallest absolute Gasteiger partial charge is 0.246 e. The zero-order chi connectivity index (χ0) is 23.1. The van der Waals surface area contributed by atoms with Crippen LogP contribution < -0.4 is 0 Å². The number of hydrogen-bond donors (Lipinski definition) is 0. The van der Waals surface area contributed by atoms with Crippen molar-refractivity contribution < 1.29 is 9.32 Å². The molecule has 2 aliphatic heterocycles. The van der Waals surface area contributed by atoms with Crippen molar-refractivity contribution in [3.63, 3.8) is 0 Å². The lowest BCUT2D eigenvalue weighted by Crippen LogP contribution is -2.41. The maximum atomic E-state index is 12.0. The minimum absolute atomic E-state index is 0.0193. The van der Waals surface area contributed by atoms with E-state index < -0.39 is 0 Å². The number of nitrogens with zero attached hydrogens (tertiary/aromatic N) is 4. The summed E-state index contributed by atoms with van der Waals surface area (Å²) in [4.78, 5) is 16.2. The van der Waals surface area contributed by atoms with Crippen LogP contribution in [-0.2, 0) is 11.2 Å². The van der Waals surface area contributed by atoms with Gasteiger partial charge in [-0.25, -0.2) is 0 Å². The lowest BCUT2D eigenvalue weighted by molar-refractivity contribution is -0.126. The molecule has 0 saturated heterocycles. The van der Waals surface area contributed by atoms with Crippen LogP contribution in [0.5, 0.6) is 0 Å². The molecule has 5 rings (SSSR count). The van der Waals surface area contributed by atoms with Crippen molar-refractivity contribution in [3.05, 3.63) is 58.7 Å². The Hall–Kier alpha value is -3.51. The van der Waals surface area contributed by atoms with Gasteiger partial charge in [-0.15, -0.1) is 0 Å². The minimum atomic E-state index is 0.0193. The molecule has 6 heteroatoms. The molecule has 1 aromatic heterocycles. The van der Waals surface area contributed by atoms with Crippen molar-refractivity contribution in [3.8, 4) is 17.9 Å². The third kappa shape index (κ3) is 3.91. The maximum Gasteiger partial charge on any atom is 0.246 e. The first-order valence-electron chi connectivity index (χ1n) is 11.6. The Kier molecular flexibility index (Phi) is 5.46. The first-order chi connectivity index (χ1) is 15.9. The largest absolute Gasteiger partial charge is 0.360 e. The molecule has 1 aromatic rings. The van der Waals surface area contributed by atoms with Gasteiger partial charge in [0, 0.05) is 49.3 Å². The van der Waals surface area contributed by atoms with E-state index in [2.05, 4.69) is 53.1 Å². The monoisotopic (exact) mass is 440 g/mol. The Labute approximate surface area is 194 Å². The number of amides is 1. The minimum Gasteiger partial charge on any atom is -0.360 e. The predicted molar refractivity (Wildman–Crippen MR) is 125 cm³/mol. The van der Waals surface area contributed by atoms with Gasteiger partial charge in [-0.3, -0.25) is 4.79 Å². The van der Waals surface area contributed by atoms with Gasteiger partial charge in [-0.05, 0) is 37.7 Å². The van der Waals surface area contributed by atoms with Gasteiger partial charge in [-0.1, -0.05) is 48.2 Å². The molecule has 0 aromatic carbocycles. The van der Waals surface area contributed by atoms with Gasteiger partial charge < -0.3 is 14.3 Å². The summed E-state index contributed by atoms with van der Waals surface area (Å²) >= 11 is 0. The molecule has 0 N–H and O–H groups in total.